The smallest absolute Gasteiger partial charge is 0.305 e. The van der Waals surface area contributed by atoms with Crippen LogP contribution in [-0.2, 0) is 16.6 Å². The first kappa shape index (κ1) is 14.9. The van der Waals surface area contributed by atoms with Crippen LogP contribution in [0.15, 0.2) is 33.5 Å². The van der Waals surface area contributed by atoms with Crippen LogP contribution in [0.25, 0.3) is 0 Å². The molecule has 2 rings (SSSR count). The zero-order valence-corrected chi connectivity index (χ0v) is 12.8. The van der Waals surface area contributed by atoms with Gasteiger partial charge in [0.05, 0.1) is 0 Å². The summed E-state index contributed by atoms with van der Waals surface area (Å²) in [7, 11) is -3.66. The second kappa shape index (κ2) is 5.86. The average Bonchev–Trinajstić information content (AvgIpc) is 2.76. The van der Waals surface area contributed by atoms with Crippen LogP contribution < -0.4 is 4.87 Å². The molecule has 0 aliphatic heterocycles. The summed E-state index contributed by atoms with van der Waals surface area (Å²) in [5.74, 6) is 0. The molecule has 6 nitrogen and oxygen atoms in total. The van der Waals surface area contributed by atoms with E-state index in [-0.39, 0.29) is 15.6 Å². The van der Waals surface area contributed by atoms with Crippen molar-refractivity contribution in [2.24, 2.45) is 0 Å². The Bertz CT molecular complexity index is 735. The molecule has 0 amide bonds. The van der Waals surface area contributed by atoms with Crippen molar-refractivity contribution in [1.29, 1.82) is 0 Å². The molecule has 2 heterocycles. The topological polar surface area (TPSA) is 83.1 Å². The van der Waals surface area contributed by atoms with Gasteiger partial charge in [0.1, 0.15) is 0 Å². The lowest BCUT2D eigenvalue weighted by Gasteiger charge is -2.19. The third-order valence-corrected chi connectivity index (χ3v) is 6.32. The average molecular weight is 313 g/mol. The molecule has 0 radical (unpaired) electrons. The Morgan fingerprint density at radius 2 is 2.00 bits per heavy atom. The number of rotatable bonds is 5. The summed E-state index contributed by atoms with van der Waals surface area (Å²) in [6, 6.07) is 3.54. The molecule has 0 aromatic carbocycles. The number of sulfonamides is 1. The van der Waals surface area contributed by atoms with Crippen LogP contribution in [0.2, 0.25) is 0 Å². The Kier molecular flexibility index (Phi) is 4.36. The molecule has 0 unspecified atom stereocenters. The number of aromatic amines is 1. The van der Waals surface area contributed by atoms with Crippen LogP contribution in [0.3, 0.4) is 0 Å². The van der Waals surface area contributed by atoms with E-state index in [4.69, 9.17) is 0 Å². The fourth-order valence-corrected chi connectivity index (χ4v) is 4.68. The molecule has 0 aliphatic rings. The summed E-state index contributed by atoms with van der Waals surface area (Å²) in [6.45, 7) is 3.94. The number of aromatic nitrogens is 2. The molecule has 20 heavy (non-hydrogen) atoms. The molecule has 0 fully saturated rings. The summed E-state index contributed by atoms with van der Waals surface area (Å²) in [4.78, 5) is 17.3. The van der Waals surface area contributed by atoms with Gasteiger partial charge in [0, 0.05) is 31.2 Å². The SMILES string of the molecule is CCN(Cc1ccncc1)S(=O)(=O)c1sc(=O)[nH]c1C. The minimum atomic E-state index is -3.66. The number of hydrogen-bond acceptors (Lipinski definition) is 5. The Labute approximate surface area is 121 Å². The summed E-state index contributed by atoms with van der Waals surface area (Å²) in [6.07, 6.45) is 3.24. The maximum atomic E-state index is 12.6. The number of pyridine rings is 1. The van der Waals surface area contributed by atoms with Crippen LogP contribution in [-0.4, -0.2) is 29.2 Å². The van der Waals surface area contributed by atoms with Crippen molar-refractivity contribution in [3.8, 4) is 0 Å². The monoisotopic (exact) mass is 313 g/mol. The van der Waals surface area contributed by atoms with Gasteiger partial charge in [-0.15, -0.1) is 0 Å². The Hall–Kier alpha value is -1.51. The van der Waals surface area contributed by atoms with Gasteiger partial charge in [-0.2, -0.15) is 4.31 Å². The van der Waals surface area contributed by atoms with Gasteiger partial charge in [-0.1, -0.05) is 18.3 Å². The second-order valence-electron chi connectivity index (χ2n) is 4.21. The fraction of sp³-hybridized carbons (Fsp3) is 0.333. The van der Waals surface area contributed by atoms with Crippen molar-refractivity contribution in [3.63, 3.8) is 0 Å². The maximum absolute atomic E-state index is 12.6. The molecule has 0 atom stereocenters. The maximum Gasteiger partial charge on any atom is 0.305 e. The number of nitrogens with zero attached hydrogens (tertiary/aromatic N) is 2. The number of nitrogens with one attached hydrogen (secondary N) is 1. The molecule has 0 saturated carbocycles. The van der Waals surface area contributed by atoms with E-state index in [0.717, 1.165) is 16.9 Å². The highest BCUT2D eigenvalue weighted by atomic mass is 32.2. The zero-order chi connectivity index (χ0) is 14.8. The quantitative estimate of drug-likeness (QED) is 0.903. The van der Waals surface area contributed by atoms with Crippen molar-refractivity contribution in [2.75, 3.05) is 6.54 Å². The summed E-state index contributed by atoms with van der Waals surface area (Å²) in [5, 5.41) is 0. The van der Waals surface area contributed by atoms with Crippen LogP contribution >= 0.6 is 11.3 Å². The first-order chi connectivity index (χ1) is 9.45. The van der Waals surface area contributed by atoms with Crippen molar-refractivity contribution in [2.45, 2.75) is 24.6 Å². The van der Waals surface area contributed by atoms with E-state index in [2.05, 4.69) is 9.97 Å². The van der Waals surface area contributed by atoms with Crippen molar-refractivity contribution in [3.05, 3.63) is 45.5 Å². The van der Waals surface area contributed by atoms with Gasteiger partial charge in [0.2, 0.25) is 0 Å². The van der Waals surface area contributed by atoms with Crippen molar-refractivity contribution in [1.82, 2.24) is 14.3 Å². The van der Waals surface area contributed by atoms with E-state index in [9.17, 15) is 13.2 Å². The molecule has 2 aromatic heterocycles. The molecule has 1 N–H and O–H groups in total. The predicted octanol–water partition coefficient (Wildman–Crippen LogP) is 1.35. The second-order valence-corrected chi connectivity index (χ2v) is 7.33. The molecule has 108 valence electrons. The lowest BCUT2D eigenvalue weighted by Crippen LogP contribution is -2.30. The minimum Gasteiger partial charge on any atom is -0.315 e. The predicted molar refractivity (Wildman–Crippen MR) is 77.2 cm³/mol. The molecular weight excluding hydrogens is 298 g/mol. The van der Waals surface area contributed by atoms with E-state index < -0.39 is 10.0 Å². The molecular formula is C12H15N3O3S2. The van der Waals surface area contributed by atoms with E-state index in [1.54, 1.807) is 38.4 Å². The summed E-state index contributed by atoms with van der Waals surface area (Å²) in [5.41, 5.74) is 1.24. The number of thiazole rings is 1. The van der Waals surface area contributed by atoms with Crippen molar-refractivity contribution >= 4 is 21.4 Å². The van der Waals surface area contributed by atoms with E-state index in [0.29, 0.717) is 12.2 Å². The van der Waals surface area contributed by atoms with E-state index in [1.807, 2.05) is 0 Å². The van der Waals surface area contributed by atoms with Gasteiger partial charge >= 0.3 is 4.87 Å². The first-order valence-corrected chi connectivity index (χ1v) is 8.29. The molecule has 0 bridgehead atoms. The van der Waals surface area contributed by atoms with Gasteiger partial charge in [0.15, 0.2) is 4.21 Å². The third kappa shape index (κ3) is 2.97. The standard InChI is InChI=1S/C12H15N3O3S2/c1-3-15(8-10-4-6-13-7-5-10)20(17,18)11-9(2)14-12(16)19-11/h4-7H,3,8H2,1-2H3,(H,14,16). The van der Waals surface area contributed by atoms with E-state index >= 15 is 0 Å². The van der Waals surface area contributed by atoms with Gasteiger partial charge < -0.3 is 4.98 Å². The van der Waals surface area contributed by atoms with Crippen LogP contribution in [0.5, 0.6) is 0 Å². The highest BCUT2D eigenvalue weighted by Gasteiger charge is 2.27. The molecule has 8 heteroatoms. The highest BCUT2D eigenvalue weighted by molar-refractivity contribution is 7.91. The largest absolute Gasteiger partial charge is 0.315 e. The van der Waals surface area contributed by atoms with Crippen LogP contribution in [0.4, 0.5) is 0 Å². The van der Waals surface area contributed by atoms with Gasteiger partial charge in [-0.05, 0) is 24.6 Å². The first-order valence-electron chi connectivity index (χ1n) is 6.04. The molecule has 0 aliphatic carbocycles. The fourth-order valence-electron chi connectivity index (χ4n) is 1.81. The van der Waals surface area contributed by atoms with Gasteiger partial charge in [-0.25, -0.2) is 8.42 Å². The van der Waals surface area contributed by atoms with Crippen molar-refractivity contribution < 1.29 is 8.42 Å². The normalized spacial score (nSPS) is 11.9. The highest BCUT2D eigenvalue weighted by Crippen LogP contribution is 2.22. The third-order valence-electron chi connectivity index (χ3n) is 2.82. The van der Waals surface area contributed by atoms with Crippen LogP contribution in [0, 0.1) is 6.92 Å². The Morgan fingerprint density at radius 3 is 2.50 bits per heavy atom. The molecule has 0 saturated heterocycles. The Balaban J connectivity index is 2.36. The van der Waals surface area contributed by atoms with Crippen LogP contribution in [0.1, 0.15) is 18.2 Å². The van der Waals surface area contributed by atoms with Gasteiger partial charge in [-0.3, -0.25) is 9.78 Å². The van der Waals surface area contributed by atoms with Gasteiger partial charge in [0.25, 0.3) is 10.0 Å². The minimum absolute atomic E-state index is 0.0819. The lowest BCUT2D eigenvalue weighted by molar-refractivity contribution is 0.424. The Morgan fingerprint density at radius 1 is 1.35 bits per heavy atom. The number of H-pyrrole nitrogens is 1. The number of aryl methyl sites for hydroxylation is 1. The van der Waals surface area contributed by atoms with E-state index in [1.165, 1.54) is 4.31 Å². The summed E-state index contributed by atoms with van der Waals surface area (Å²) < 4.78 is 26.6. The number of hydrogen-bond donors (Lipinski definition) is 1. The molecule has 0 spiro atoms. The zero-order valence-electron chi connectivity index (χ0n) is 11.2. The lowest BCUT2D eigenvalue weighted by atomic mass is 10.3. The summed E-state index contributed by atoms with van der Waals surface area (Å²) >= 11 is 0.722. The molecule has 2 aromatic rings.